The van der Waals surface area contributed by atoms with E-state index in [0.717, 1.165) is 15.1 Å². The Hall–Kier alpha value is -2.46. The van der Waals surface area contributed by atoms with Gasteiger partial charge in [-0.05, 0) is 29.8 Å². The van der Waals surface area contributed by atoms with Crippen LogP contribution in [-0.2, 0) is 0 Å². The summed E-state index contributed by atoms with van der Waals surface area (Å²) in [6, 6.07) is 15.6. The molecule has 0 radical (unpaired) electrons. The number of carboxylic acid groups (broad SMARTS) is 1. The number of hydrogen-bond donors (Lipinski definition) is 1. The molecule has 20 heavy (non-hydrogen) atoms. The van der Waals surface area contributed by atoms with Crippen molar-refractivity contribution in [2.24, 2.45) is 0 Å². The highest BCUT2D eigenvalue weighted by atomic mass is 32.1. The normalized spacial score (nSPS) is 10.6. The Kier molecular flexibility index (Phi) is 3.08. The molecule has 1 N–H and O–H groups in total. The summed E-state index contributed by atoms with van der Waals surface area (Å²) in [4.78, 5) is 23.7. The van der Waals surface area contributed by atoms with Crippen molar-refractivity contribution in [1.82, 2.24) is 0 Å². The lowest BCUT2D eigenvalue weighted by Crippen LogP contribution is -1.99. The van der Waals surface area contributed by atoms with Crippen molar-refractivity contribution < 1.29 is 9.90 Å². The maximum absolute atomic E-state index is 12.1. The Morgan fingerprint density at radius 2 is 1.70 bits per heavy atom. The van der Waals surface area contributed by atoms with Crippen LogP contribution in [0.3, 0.4) is 0 Å². The summed E-state index contributed by atoms with van der Waals surface area (Å²) < 4.78 is 0.928. The summed E-state index contributed by atoms with van der Waals surface area (Å²) in [7, 11) is 0. The number of carboxylic acids is 1. The van der Waals surface area contributed by atoms with Crippen LogP contribution in [0, 0.1) is 0 Å². The van der Waals surface area contributed by atoms with Crippen LogP contribution < -0.4 is 5.43 Å². The highest BCUT2D eigenvalue weighted by molar-refractivity contribution is 7.21. The highest BCUT2D eigenvalue weighted by Gasteiger charge is 2.06. The van der Waals surface area contributed by atoms with Crippen LogP contribution in [0.25, 0.3) is 20.5 Å². The van der Waals surface area contributed by atoms with Crippen LogP contribution >= 0.6 is 11.3 Å². The lowest BCUT2D eigenvalue weighted by molar-refractivity contribution is 0.0697. The average molecular weight is 282 g/mol. The second-order valence-electron chi connectivity index (χ2n) is 4.35. The molecule has 3 rings (SSSR count). The first-order valence-corrected chi connectivity index (χ1v) is 6.83. The molecule has 0 spiro atoms. The molecule has 0 unspecified atom stereocenters. The van der Waals surface area contributed by atoms with Gasteiger partial charge in [0.2, 0.25) is 0 Å². The van der Waals surface area contributed by atoms with Gasteiger partial charge in [-0.15, -0.1) is 11.3 Å². The lowest BCUT2D eigenvalue weighted by Gasteiger charge is -2.03. The molecule has 0 bridgehead atoms. The first-order chi connectivity index (χ1) is 9.65. The third-order valence-electron chi connectivity index (χ3n) is 3.05. The molecule has 1 heterocycles. The Bertz CT molecular complexity index is 847. The SMILES string of the molecule is O=C(O)c1ccc(-c2cc(=O)c3ccccc3s2)cc1. The van der Waals surface area contributed by atoms with Crippen molar-refractivity contribution in [3.05, 3.63) is 70.4 Å². The molecule has 1 aromatic heterocycles. The van der Waals surface area contributed by atoms with Crippen LogP contribution in [0.5, 0.6) is 0 Å². The minimum absolute atomic E-state index is 0.0170. The van der Waals surface area contributed by atoms with Gasteiger partial charge < -0.3 is 5.11 Å². The number of hydrogen-bond acceptors (Lipinski definition) is 3. The molecule has 0 atom stereocenters. The fourth-order valence-electron chi connectivity index (χ4n) is 2.02. The Morgan fingerprint density at radius 1 is 1.00 bits per heavy atom. The van der Waals surface area contributed by atoms with Gasteiger partial charge in [-0.3, -0.25) is 4.79 Å². The van der Waals surface area contributed by atoms with Gasteiger partial charge in [-0.2, -0.15) is 0 Å². The number of rotatable bonds is 2. The lowest BCUT2D eigenvalue weighted by atomic mass is 10.1. The third-order valence-corrected chi connectivity index (χ3v) is 4.20. The van der Waals surface area contributed by atoms with Crippen molar-refractivity contribution in [2.45, 2.75) is 0 Å². The number of aromatic carboxylic acids is 1. The summed E-state index contributed by atoms with van der Waals surface area (Å²) in [5, 5.41) is 9.60. The maximum Gasteiger partial charge on any atom is 0.335 e. The summed E-state index contributed by atoms with van der Waals surface area (Å²) in [6.45, 7) is 0. The van der Waals surface area contributed by atoms with Gasteiger partial charge in [0.1, 0.15) is 0 Å². The van der Waals surface area contributed by atoms with Crippen molar-refractivity contribution in [3.63, 3.8) is 0 Å². The average Bonchev–Trinajstić information content (AvgIpc) is 2.47. The van der Waals surface area contributed by atoms with Gasteiger partial charge in [0, 0.05) is 21.0 Å². The molecular formula is C16H10O3S. The van der Waals surface area contributed by atoms with Gasteiger partial charge >= 0.3 is 5.97 Å². The van der Waals surface area contributed by atoms with Gasteiger partial charge in [-0.1, -0.05) is 24.3 Å². The maximum atomic E-state index is 12.1. The first kappa shape index (κ1) is 12.6. The quantitative estimate of drug-likeness (QED) is 0.781. The first-order valence-electron chi connectivity index (χ1n) is 6.02. The summed E-state index contributed by atoms with van der Waals surface area (Å²) in [5.41, 5.74) is 1.07. The van der Waals surface area contributed by atoms with E-state index in [2.05, 4.69) is 0 Å². The van der Waals surface area contributed by atoms with Crippen molar-refractivity contribution >= 4 is 27.4 Å². The smallest absolute Gasteiger partial charge is 0.335 e. The van der Waals surface area contributed by atoms with E-state index in [4.69, 9.17) is 5.11 Å². The Balaban J connectivity index is 2.14. The van der Waals surface area contributed by atoms with Gasteiger partial charge in [-0.25, -0.2) is 4.79 Å². The zero-order chi connectivity index (χ0) is 14.1. The minimum atomic E-state index is -0.955. The second-order valence-corrected chi connectivity index (χ2v) is 5.44. The van der Waals surface area contributed by atoms with Gasteiger partial charge in [0.05, 0.1) is 5.56 Å². The molecular weight excluding hydrogens is 272 g/mol. The third kappa shape index (κ3) is 2.21. The molecule has 0 saturated carbocycles. The molecule has 2 aromatic carbocycles. The van der Waals surface area contributed by atoms with E-state index in [1.54, 1.807) is 30.3 Å². The molecule has 3 aromatic rings. The fourth-order valence-corrected chi connectivity index (χ4v) is 3.11. The van der Waals surface area contributed by atoms with Crippen LogP contribution in [0.1, 0.15) is 10.4 Å². The summed E-state index contributed by atoms with van der Waals surface area (Å²) in [6.07, 6.45) is 0. The minimum Gasteiger partial charge on any atom is -0.478 e. The molecule has 98 valence electrons. The largest absolute Gasteiger partial charge is 0.478 e. The van der Waals surface area contributed by atoms with Gasteiger partial charge in [0.25, 0.3) is 0 Å². The fraction of sp³-hybridized carbons (Fsp3) is 0. The second kappa shape index (κ2) is 4.90. The summed E-state index contributed by atoms with van der Waals surface area (Å²) >= 11 is 1.52. The molecule has 0 aliphatic carbocycles. The molecule has 0 aliphatic heterocycles. The monoisotopic (exact) mass is 282 g/mol. The van der Waals surface area contributed by atoms with E-state index in [1.807, 2.05) is 24.3 Å². The molecule has 0 amide bonds. The standard InChI is InChI=1S/C16H10O3S/c17-13-9-15(20-14-4-2-1-3-12(13)14)10-5-7-11(8-6-10)16(18)19/h1-9H,(H,18,19). The van der Waals surface area contributed by atoms with Crippen LogP contribution in [0.4, 0.5) is 0 Å². The van der Waals surface area contributed by atoms with Crippen molar-refractivity contribution in [1.29, 1.82) is 0 Å². The Labute approximate surface area is 118 Å². The predicted octanol–water partition coefficient (Wildman–Crippen LogP) is 3.63. The van der Waals surface area contributed by atoms with E-state index < -0.39 is 5.97 Å². The molecule has 0 saturated heterocycles. The number of benzene rings is 2. The topological polar surface area (TPSA) is 54.4 Å². The van der Waals surface area contributed by atoms with E-state index in [1.165, 1.54) is 11.3 Å². The zero-order valence-electron chi connectivity index (χ0n) is 10.4. The molecule has 0 fully saturated rings. The summed E-state index contributed by atoms with van der Waals surface area (Å²) in [5.74, 6) is -0.955. The molecule has 4 heteroatoms. The predicted molar refractivity (Wildman–Crippen MR) is 80.5 cm³/mol. The van der Waals surface area contributed by atoms with Crippen molar-refractivity contribution in [2.75, 3.05) is 0 Å². The zero-order valence-corrected chi connectivity index (χ0v) is 11.2. The van der Waals surface area contributed by atoms with Crippen LogP contribution in [0.2, 0.25) is 0 Å². The van der Waals surface area contributed by atoms with E-state index in [-0.39, 0.29) is 11.0 Å². The Morgan fingerprint density at radius 3 is 2.40 bits per heavy atom. The van der Waals surface area contributed by atoms with Crippen molar-refractivity contribution in [3.8, 4) is 10.4 Å². The van der Waals surface area contributed by atoms with Gasteiger partial charge in [0.15, 0.2) is 5.43 Å². The van der Waals surface area contributed by atoms with Crippen LogP contribution in [0.15, 0.2) is 59.4 Å². The number of fused-ring (bicyclic) bond motifs is 1. The molecule has 3 nitrogen and oxygen atoms in total. The van der Waals surface area contributed by atoms with Crippen LogP contribution in [-0.4, -0.2) is 11.1 Å². The van der Waals surface area contributed by atoms with E-state index in [9.17, 15) is 9.59 Å². The number of carbonyl (C=O) groups is 1. The van der Waals surface area contributed by atoms with E-state index in [0.29, 0.717) is 5.39 Å². The van der Waals surface area contributed by atoms with E-state index >= 15 is 0 Å². The molecule has 0 aliphatic rings. The highest BCUT2D eigenvalue weighted by Crippen LogP contribution is 2.28.